The Hall–Kier alpha value is 0.410. The summed E-state index contributed by atoms with van der Waals surface area (Å²) >= 11 is 4.59. The fraction of sp³-hybridized carbons (Fsp3) is 1.00. The number of halogens is 2. The lowest BCUT2D eigenvalue weighted by Gasteiger charge is -2.03. The molecule has 0 aromatic heterocycles. The van der Waals surface area contributed by atoms with Crippen LogP contribution in [0.3, 0.4) is 0 Å². The van der Waals surface area contributed by atoms with Crippen LogP contribution in [0.4, 0.5) is 4.20 Å². The summed E-state index contributed by atoms with van der Waals surface area (Å²) in [4.78, 5) is 0. The van der Waals surface area contributed by atoms with Gasteiger partial charge in [-0.1, -0.05) is 0 Å². The van der Waals surface area contributed by atoms with E-state index in [1.807, 2.05) is 0 Å². The lowest BCUT2D eigenvalue weighted by atomic mass is 10.5. The van der Waals surface area contributed by atoms with Crippen LogP contribution < -0.4 is 0 Å². The first-order valence-electron chi connectivity index (χ1n) is 2.09. The van der Waals surface area contributed by atoms with Crippen molar-refractivity contribution in [1.82, 2.24) is 0 Å². The van der Waals surface area contributed by atoms with E-state index in [1.165, 1.54) is 0 Å². The third-order valence-electron chi connectivity index (χ3n) is 0.334. The van der Waals surface area contributed by atoms with Gasteiger partial charge in [0.05, 0.1) is 6.10 Å². The number of hydrogen-bond donors (Lipinski definition) is 0. The summed E-state index contributed by atoms with van der Waals surface area (Å²) in [6, 6.07) is 0. The first kappa shape index (κ1) is 8.41. The SMILES string of the molecule is CC(C)OP(=O)(F)Cl. The molecule has 1 unspecified atom stereocenters. The third-order valence-corrected chi connectivity index (χ3v) is 1.24. The smallest absolute Gasteiger partial charge is 0.291 e. The van der Waals surface area contributed by atoms with Crippen molar-refractivity contribution in [3.63, 3.8) is 0 Å². The second-order valence-corrected chi connectivity index (χ2v) is 3.82. The van der Waals surface area contributed by atoms with Crippen molar-refractivity contribution >= 4 is 18.3 Å². The summed E-state index contributed by atoms with van der Waals surface area (Å²) in [6.07, 6.45) is -0.427. The molecular weight excluding hydrogens is 153 g/mol. The van der Waals surface area contributed by atoms with E-state index < -0.39 is 13.1 Å². The lowest BCUT2D eigenvalue weighted by molar-refractivity contribution is 0.234. The van der Waals surface area contributed by atoms with Crippen LogP contribution in [0.2, 0.25) is 0 Å². The summed E-state index contributed by atoms with van der Waals surface area (Å²) in [5.41, 5.74) is 0. The predicted octanol–water partition coefficient (Wildman–Crippen LogP) is 2.73. The van der Waals surface area contributed by atoms with Gasteiger partial charge in [0, 0.05) is 11.2 Å². The zero-order valence-electron chi connectivity index (χ0n) is 4.60. The van der Waals surface area contributed by atoms with Crippen LogP contribution in [0.5, 0.6) is 0 Å². The van der Waals surface area contributed by atoms with Crippen LogP contribution in [-0.4, -0.2) is 6.10 Å². The second kappa shape index (κ2) is 2.81. The molecule has 0 fully saturated rings. The van der Waals surface area contributed by atoms with E-state index in [0.717, 1.165) is 0 Å². The molecule has 1 atom stereocenters. The van der Waals surface area contributed by atoms with Gasteiger partial charge in [0.1, 0.15) is 0 Å². The molecule has 0 N–H and O–H groups in total. The van der Waals surface area contributed by atoms with Crippen molar-refractivity contribution in [2.45, 2.75) is 20.0 Å². The summed E-state index contributed by atoms with van der Waals surface area (Å²) in [5.74, 6) is 0. The van der Waals surface area contributed by atoms with Crippen molar-refractivity contribution in [3.8, 4) is 0 Å². The molecule has 0 bridgehead atoms. The van der Waals surface area contributed by atoms with Crippen LogP contribution in [0.15, 0.2) is 0 Å². The van der Waals surface area contributed by atoms with Gasteiger partial charge in [-0.3, -0.25) is 4.52 Å². The summed E-state index contributed by atoms with van der Waals surface area (Å²) < 4.78 is 25.7. The first-order valence-corrected chi connectivity index (χ1v) is 4.51. The summed E-state index contributed by atoms with van der Waals surface area (Å²) in [6.45, 7) is 3.10. The Kier molecular flexibility index (Phi) is 2.95. The Morgan fingerprint density at radius 1 is 1.75 bits per heavy atom. The monoisotopic (exact) mass is 160 g/mol. The highest BCUT2D eigenvalue weighted by Crippen LogP contribution is 2.54. The Bertz CT molecular complexity index is 110. The third kappa shape index (κ3) is 6.41. The highest BCUT2D eigenvalue weighted by atomic mass is 35.7. The molecule has 5 heteroatoms. The molecule has 0 aliphatic heterocycles. The Labute approximate surface area is 52.3 Å². The van der Waals surface area contributed by atoms with E-state index in [-0.39, 0.29) is 0 Å². The molecule has 0 saturated heterocycles. The summed E-state index contributed by atoms with van der Waals surface area (Å²) in [7, 11) is -4.25. The van der Waals surface area contributed by atoms with Crippen LogP contribution in [0, 0.1) is 0 Å². The van der Waals surface area contributed by atoms with Crippen molar-refractivity contribution in [2.24, 2.45) is 0 Å². The molecule has 0 spiro atoms. The van der Waals surface area contributed by atoms with Crippen molar-refractivity contribution < 1.29 is 13.3 Å². The minimum Gasteiger partial charge on any atom is -0.291 e. The van der Waals surface area contributed by atoms with Crippen molar-refractivity contribution in [3.05, 3.63) is 0 Å². The summed E-state index contributed by atoms with van der Waals surface area (Å²) in [5, 5.41) is 0. The normalized spacial score (nSPS) is 18.6. The minimum absolute atomic E-state index is 0.427. The molecule has 0 aliphatic carbocycles. The zero-order chi connectivity index (χ0) is 6.78. The van der Waals surface area contributed by atoms with Gasteiger partial charge in [-0.15, -0.1) is 4.20 Å². The van der Waals surface area contributed by atoms with Gasteiger partial charge in [-0.05, 0) is 13.8 Å². The Balaban J connectivity index is 3.56. The quantitative estimate of drug-likeness (QED) is 0.581. The molecule has 0 aromatic carbocycles. The maximum absolute atomic E-state index is 11.7. The molecule has 2 nitrogen and oxygen atoms in total. The molecule has 50 valence electrons. The van der Waals surface area contributed by atoms with Crippen LogP contribution in [0.25, 0.3) is 0 Å². The van der Waals surface area contributed by atoms with Crippen molar-refractivity contribution in [2.75, 3.05) is 0 Å². The number of hydrogen-bond acceptors (Lipinski definition) is 2. The van der Waals surface area contributed by atoms with Gasteiger partial charge >= 0.3 is 7.03 Å². The van der Waals surface area contributed by atoms with Crippen LogP contribution >= 0.6 is 18.3 Å². The van der Waals surface area contributed by atoms with Crippen LogP contribution in [0.1, 0.15) is 13.8 Å². The highest BCUT2D eigenvalue weighted by Gasteiger charge is 2.18. The molecule has 0 rings (SSSR count). The lowest BCUT2D eigenvalue weighted by Crippen LogP contribution is -1.94. The highest BCUT2D eigenvalue weighted by molar-refractivity contribution is 7.81. The first-order chi connectivity index (χ1) is 3.42. The molecule has 0 radical (unpaired) electrons. The van der Waals surface area contributed by atoms with Gasteiger partial charge in [0.25, 0.3) is 0 Å². The van der Waals surface area contributed by atoms with E-state index in [0.29, 0.717) is 0 Å². The van der Waals surface area contributed by atoms with Crippen LogP contribution in [-0.2, 0) is 9.09 Å². The Morgan fingerprint density at radius 2 is 2.12 bits per heavy atom. The van der Waals surface area contributed by atoms with E-state index >= 15 is 0 Å². The maximum Gasteiger partial charge on any atom is 0.461 e. The molecule has 0 heterocycles. The molecule has 0 amide bonds. The molecular formula is C3H7ClFO2P. The van der Waals surface area contributed by atoms with E-state index in [2.05, 4.69) is 15.8 Å². The Morgan fingerprint density at radius 3 is 2.12 bits per heavy atom. The second-order valence-electron chi connectivity index (χ2n) is 1.57. The van der Waals surface area contributed by atoms with Gasteiger partial charge in [-0.25, -0.2) is 4.57 Å². The minimum atomic E-state index is -4.25. The fourth-order valence-corrected chi connectivity index (χ4v) is 1.21. The largest absolute Gasteiger partial charge is 0.461 e. The van der Waals surface area contributed by atoms with Gasteiger partial charge < -0.3 is 0 Å². The predicted molar refractivity (Wildman–Crippen MR) is 30.8 cm³/mol. The molecule has 0 aromatic rings. The topological polar surface area (TPSA) is 26.3 Å². The van der Waals surface area contributed by atoms with E-state index in [4.69, 9.17) is 0 Å². The molecule has 0 saturated carbocycles. The van der Waals surface area contributed by atoms with Gasteiger partial charge in [0.15, 0.2) is 0 Å². The van der Waals surface area contributed by atoms with E-state index in [9.17, 15) is 8.76 Å². The molecule has 8 heavy (non-hydrogen) atoms. The fourth-order valence-electron chi connectivity index (χ4n) is 0.245. The maximum atomic E-state index is 11.7. The van der Waals surface area contributed by atoms with Gasteiger partial charge in [0.2, 0.25) is 0 Å². The van der Waals surface area contributed by atoms with Gasteiger partial charge in [-0.2, -0.15) is 0 Å². The zero-order valence-corrected chi connectivity index (χ0v) is 6.25. The van der Waals surface area contributed by atoms with Crippen molar-refractivity contribution in [1.29, 1.82) is 0 Å². The van der Waals surface area contributed by atoms with E-state index in [1.54, 1.807) is 13.8 Å². The average Bonchev–Trinajstić information content (AvgIpc) is 1.21. The average molecular weight is 161 g/mol. The molecule has 0 aliphatic rings. The number of rotatable bonds is 2. The standard InChI is InChI=1S/C3H7ClFO2P/c1-3(2)7-8(4,5)6/h3H,1-2H3.